The van der Waals surface area contributed by atoms with Gasteiger partial charge in [0, 0.05) is 6.07 Å². The molecule has 0 unspecified atom stereocenters. The highest BCUT2D eigenvalue weighted by Gasteiger charge is 2.19. The number of para-hydroxylation sites is 1. The number of nitrogens with zero attached hydrogens (tertiary/aromatic N) is 2. The molecule has 0 aliphatic carbocycles. The van der Waals surface area contributed by atoms with Crippen molar-refractivity contribution in [3.63, 3.8) is 0 Å². The maximum Gasteiger partial charge on any atom is 0.345 e. The standard InChI is InChI=1S/C20H19ClN2O2/c1-13(2)17-12-19(23(22-17)18-11-7-6-10-16(18)21)25-20(24)15-9-5-4-8-14(15)3/h4-13H,1-3H3. The van der Waals surface area contributed by atoms with Gasteiger partial charge in [-0.25, -0.2) is 4.79 Å². The first-order chi connectivity index (χ1) is 12.0. The SMILES string of the molecule is Cc1ccccc1C(=O)Oc1cc(C(C)C)nn1-c1ccccc1Cl. The number of carbonyl (C=O) groups excluding carboxylic acids is 1. The van der Waals surface area contributed by atoms with Crippen molar-refractivity contribution in [2.45, 2.75) is 26.7 Å². The van der Waals surface area contributed by atoms with Crippen molar-refractivity contribution in [1.82, 2.24) is 9.78 Å². The molecule has 1 aromatic heterocycles. The van der Waals surface area contributed by atoms with Gasteiger partial charge in [0.15, 0.2) is 0 Å². The van der Waals surface area contributed by atoms with Gasteiger partial charge in [0.1, 0.15) is 0 Å². The van der Waals surface area contributed by atoms with Gasteiger partial charge in [-0.15, -0.1) is 0 Å². The fraction of sp³-hybridized carbons (Fsp3) is 0.200. The number of aromatic nitrogens is 2. The van der Waals surface area contributed by atoms with Crippen LogP contribution in [0.15, 0.2) is 54.6 Å². The molecule has 0 aliphatic rings. The molecular formula is C20H19ClN2O2. The third-order valence-electron chi connectivity index (χ3n) is 3.93. The highest BCUT2D eigenvalue weighted by molar-refractivity contribution is 6.32. The van der Waals surface area contributed by atoms with Crippen LogP contribution in [0, 0.1) is 6.92 Å². The molecule has 0 amide bonds. The van der Waals surface area contributed by atoms with E-state index in [0.29, 0.717) is 22.2 Å². The summed E-state index contributed by atoms with van der Waals surface area (Å²) in [5.74, 6) is 0.131. The summed E-state index contributed by atoms with van der Waals surface area (Å²) in [6, 6.07) is 16.4. The summed E-state index contributed by atoms with van der Waals surface area (Å²) in [6.07, 6.45) is 0. The van der Waals surface area contributed by atoms with Gasteiger partial charge >= 0.3 is 5.97 Å². The third-order valence-corrected chi connectivity index (χ3v) is 4.25. The van der Waals surface area contributed by atoms with Crippen LogP contribution in [-0.4, -0.2) is 15.7 Å². The van der Waals surface area contributed by atoms with Crippen molar-refractivity contribution in [2.24, 2.45) is 0 Å². The molecule has 2 aromatic carbocycles. The van der Waals surface area contributed by atoms with Gasteiger partial charge < -0.3 is 4.74 Å². The fourth-order valence-electron chi connectivity index (χ4n) is 2.48. The molecule has 5 heteroatoms. The summed E-state index contributed by atoms with van der Waals surface area (Å²) in [6.45, 7) is 5.94. The van der Waals surface area contributed by atoms with E-state index in [1.165, 1.54) is 0 Å². The highest BCUT2D eigenvalue weighted by Crippen LogP contribution is 2.28. The molecule has 0 fully saturated rings. The van der Waals surface area contributed by atoms with E-state index >= 15 is 0 Å². The fourth-order valence-corrected chi connectivity index (χ4v) is 2.70. The zero-order valence-electron chi connectivity index (χ0n) is 14.4. The predicted octanol–water partition coefficient (Wildman–Crippen LogP) is 5.18. The van der Waals surface area contributed by atoms with E-state index in [1.54, 1.807) is 22.9 Å². The Balaban J connectivity index is 2.02. The van der Waals surface area contributed by atoms with Crippen molar-refractivity contribution in [1.29, 1.82) is 0 Å². The first-order valence-corrected chi connectivity index (χ1v) is 8.48. The van der Waals surface area contributed by atoms with E-state index < -0.39 is 5.97 Å². The van der Waals surface area contributed by atoms with Crippen LogP contribution in [0.3, 0.4) is 0 Å². The zero-order chi connectivity index (χ0) is 18.0. The Morgan fingerprint density at radius 2 is 1.80 bits per heavy atom. The number of hydrogen-bond acceptors (Lipinski definition) is 3. The number of esters is 1. The summed E-state index contributed by atoms with van der Waals surface area (Å²) in [4.78, 5) is 12.6. The van der Waals surface area contributed by atoms with Crippen LogP contribution >= 0.6 is 11.6 Å². The Morgan fingerprint density at radius 3 is 2.48 bits per heavy atom. The minimum Gasteiger partial charge on any atom is -0.404 e. The van der Waals surface area contributed by atoms with Crippen LogP contribution in [0.25, 0.3) is 5.69 Å². The maximum absolute atomic E-state index is 12.6. The first-order valence-electron chi connectivity index (χ1n) is 8.10. The molecule has 0 radical (unpaired) electrons. The van der Waals surface area contributed by atoms with Crippen LogP contribution in [-0.2, 0) is 0 Å². The second-order valence-corrected chi connectivity index (χ2v) is 6.54. The van der Waals surface area contributed by atoms with Gasteiger partial charge in [0.2, 0.25) is 5.88 Å². The van der Waals surface area contributed by atoms with E-state index in [-0.39, 0.29) is 5.92 Å². The third kappa shape index (κ3) is 3.59. The minimum atomic E-state index is -0.415. The molecule has 128 valence electrons. The molecule has 0 spiro atoms. The largest absolute Gasteiger partial charge is 0.404 e. The quantitative estimate of drug-likeness (QED) is 0.606. The summed E-state index contributed by atoms with van der Waals surface area (Å²) in [7, 11) is 0. The molecule has 25 heavy (non-hydrogen) atoms. The van der Waals surface area contributed by atoms with Gasteiger partial charge in [-0.1, -0.05) is 55.8 Å². The molecule has 0 saturated heterocycles. The van der Waals surface area contributed by atoms with Crippen LogP contribution < -0.4 is 4.74 Å². The van der Waals surface area contributed by atoms with Crippen molar-refractivity contribution < 1.29 is 9.53 Å². The lowest BCUT2D eigenvalue weighted by atomic mass is 10.1. The topological polar surface area (TPSA) is 44.1 Å². The van der Waals surface area contributed by atoms with Crippen LogP contribution in [0.4, 0.5) is 0 Å². The summed E-state index contributed by atoms with van der Waals surface area (Å²) in [5, 5.41) is 5.10. The monoisotopic (exact) mass is 354 g/mol. The second-order valence-electron chi connectivity index (χ2n) is 6.13. The Kier molecular flexibility index (Phi) is 4.91. The summed E-state index contributed by atoms with van der Waals surface area (Å²) in [5.41, 5.74) is 2.89. The summed E-state index contributed by atoms with van der Waals surface area (Å²) >= 11 is 6.30. The molecule has 3 aromatic rings. The Bertz CT molecular complexity index is 916. The van der Waals surface area contributed by atoms with E-state index in [9.17, 15) is 4.79 Å². The van der Waals surface area contributed by atoms with Crippen molar-refractivity contribution in [3.05, 3.63) is 76.4 Å². The molecule has 1 heterocycles. The lowest BCUT2D eigenvalue weighted by molar-refractivity contribution is 0.0722. The zero-order valence-corrected chi connectivity index (χ0v) is 15.1. The van der Waals surface area contributed by atoms with E-state index in [0.717, 1.165) is 11.3 Å². The lowest BCUT2D eigenvalue weighted by Crippen LogP contribution is -2.13. The molecule has 3 rings (SSSR count). The second kappa shape index (κ2) is 7.11. The van der Waals surface area contributed by atoms with Crippen LogP contribution in [0.2, 0.25) is 5.02 Å². The van der Waals surface area contributed by atoms with Crippen LogP contribution in [0.1, 0.15) is 41.4 Å². The normalized spacial score (nSPS) is 10.9. The van der Waals surface area contributed by atoms with E-state index in [4.69, 9.17) is 16.3 Å². The number of hydrogen-bond donors (Lipinski definition) is 0. The van der Waals surface area contributed by atoms with Crippen molar-refractivity contribution >= 4 is 17.6 Å². The van der Waals surface area contributed by atoms with Crippen molar-refractivity contribution in [2.75, 3.05) is 0 Å². The first kappa shape index (κ1) is 17.2. The number of rotatable bonds is 4. The van der Waals surface area contributed by atoms with Crippen molar-refractivity contribution in [3.8, 4) is 11.6 Å². The average molecular weight is 355 g/mol. The van der Waals surface area contributed by atoms with E-state index in [2.05, 4.69) is 5.10 Å². The molecule has 0 N–H and O–H groups in total. The number of aryl methyl sites for hydroxylation is 1. The molecule has 0 aliphatic heterocycles. The van der Waals surface area contributed by atoms with Crippen LogP contribution in [0.5, 0.6) is 5.88 Å². The minimum absolute atomic E-state index is 0.194. The molecule has 4 nitrogen and oxygen atoms in total. The van der Waals surface area contributed by atoms with Gasteiger partial charge in [0.25, 0.3) is 0 Å². The Hall–Kier alpha value is -2.59. The Labute approximate surface area is 152 Å². The molecule has 0 atom stereocenters. The van der Waals surface area contributed by atoms with Gasteiger partial charge in [-0.2, -0.15) is 9.78 Å². The maximum atomic E-state index is 12.6. The average Bonchev–Trinajstić information content (AvgIpc) is 2.99. The molecule has 0 saturated carbocycles. The number of carbonyl (C=O) groups is 1. The number of halogens is 1. The lowest BCUT2D eigenvalue weighted by Gasteiger charge is -2.10. The number of ether oxygens (including phenoxy) is 1. The van der Waals surface area contributed by atoms with Gasteiger partial charge in [0.05, 0.1) is 22.0 Å². The highest BCUT2D eigenvalue weighted by atomic mass is 35.5. The molecular weight excluding hydrogens is 336 g/mol. The molecule has 0 bridgehead atoms. The summed E-state index contributed by atoms with van der Waals surface area (Å²) < 4.78 is 7.23. The number of benzene rings is 2. The van der Waals surface area contributed by atoms with E-state index in [1.807, 2.05) is 57.2 Å². The Morgan fingerprint density at radius 1 is 1.12 bits per heavy atom. The smallest absolute Gasteiger partial charge is 0.345 e. The predicted molar refractivity (Wildman–Crippen MR) is 98.8 cm³/mol. The van der Waals surface area contributed by atoms with Gasteiger partial charge in [-0.05, 0) is 36.6 Å². The van der Waals surface area contributed by atoms with Gasteiger partial charge in [-0.3, -0.25) is 0 Å².